The summed E-state index contributed by atoms with van der Waals surface area (Å²) >= 11 is 5.20. The summed E-state index contributed by atoms with van der Waals surface area (Å²) in [6.07, 6.45) is 2.72. The lowest BCUT2D eigenvalue weighted by molar-refractivity contribution is -0.107. The van der Waals surface area contributed by atoms with Crippen LogP contribution in [0.15, 0.2) is 59.5 Å². The number of rotatable bonds is 5. The van der Waals surface area contributed by atoms with E-state index < -0.39 is 15.3 Å². The fourth-order valence-electron chi connectivity index (χ4n) is 1.84. The van der Waals surface area contributed by atoms with Crippen molar-refractivity contribution < 1.29 is 13.2 Å². The Balaban J connectivity index is 2.21. The van der Waals surface area contributed by atoms with Crippen LogP contribution in [-0.2, 0) is 14.8 Å². The van der Waals surface area contributed by atoms with Crippen molar-refractivity contribution in [3.05, 3.63) is 65.7 Å². The summed E-state index contributed by atoms with van der Waals surface area (Å²) in [6.45, 7) is 1.89. The van der Waals surface area contributed by atoms with E-state index >= 15 is 0 Å². The molecular formula is C16H14ClNO3S. The van der Waals surface area contributed by atoms with E-state index in [4.69, 9.17) is 11.6 Å². The lowest BCUT2D eigenvalue weighted by Crippen LogP contribution is -2.12. The number of sulfonamides is 1. The Morgan fingerprint density at radius 2 is 1.82 bits per heavy atom. The average Bonchev–Trinajstić information content (AvgIpc) is 2.45. The van der Waals surface area contributed by atoms with Crippen LogP contribution in [0, 0.1) is 6.92 Å². The number of anilines is 1. The number of benzene rings is 2. The maximum atomic E-state index is 12.3. The van der Waals surface area contributed by atoms with E-state index in [1.54, 1.807) is 30.3 Å². The number of allylic oxidation sites excluding steroid dienone is 1. The van der Waals surface area contributed by atoms with E-state index in [9.17, 15) is 13.2 Å². The number of carbonyl (C=O) groups is 1. The van der Waals surface area contributed by atoms with Gasteiger partial charge in [-0.3, -0.25) is 9.52 Å². The third kappa shape index (κ3) is 4.44. The van der Waals surface area contributed by atoms with Crippen LogP contribution in [0.3, 0.4) is 0 Å². The molecule has 2 aromatic carbocycles. The van der Waals surface area contributed by atoms with Gasteiger partial charge in [0.15, 0.2) is 0 Å². The van der Waals surface area contributed by atoms with Crippen molar-refractivity contribution in [2.24, 2.45) is 0 Å². The second-order valence-electron chi connectivity index (χ2n) is 4.68. The van der Waals surface area contributed by atoms with Crippen LogP contribution in [0.2, 0.25) is 0 Å². The van der Waals surface area contributed by atoms with Gasteiger partial charge in [0.1, 0.15) is 0 Å². The molecule has 6 heteroatoms. The SMILES string of the molecule is Cc1cccc(NS(=O)(=O)c2ccc(C=CC(=O)Cl)cc2)c1. The zero-order valence-electron chi connectivity index (χ0n) is 11.8. The second-order valence-corrected chi connectivity index (χ2v) is 6.74. The first kappa shape index (κ1) is 16.3. The molecule has 0 heterocycles. The van der Waals surface area contributed by atoms with E-state index in [0.29, 0.717) is 11.3 Å². The molecule has 4 nitrogen and oxygen atoms in total. The van der Waals surface area contributed by atoms with Crippen molar-refractivity contribution in [1.29, 1.82) is 0 Å². The van der Waals surface area contributed by atoms with Gasteiger partial charge in [-0.1, -0.05) is 30.3 Å². The van der Waals surface area contributed by atoms with Crippen LogP contribution in [-0.4, -0.2) is 13.7 Å². The highest BCUT2D eigenvalue weighted by Crippen LogP contribution is 2.18. The topological polar surface area (TPSA) is 63.2 Å². The molecule has 0 spiro atoms. The zero-order chi connectivity index (χ0) is 16.2. The molecular weight excluding hydrogens is 322 g/mol. The monoisotopic (exact) mass is 335 g/mol. The summed E-state index contributed by atoms with van der Waals surface area (Å²) in [6, 6.07) is 13.2. The van der Waals surface area contributed by atoms with Gasteiger partial charge in [0, 0.05) is 5.69 Å². The van der Waals surface area contributed by atoms with Gasteiger partial charge >= 0.3 is 0 Å². The standard InChI is InChI=1S/C16H14ClNO3S/c1-12-3-2-4-14(11-12)18-22(20,21)15-8-5-13(6-9-15)7-10-16(17)19/h2-11,18H,1H3. The lowest BCUT2D eigenvalue weighted by Gasteiger charge is -2.08. The number of nitrogens with one attached hydrogen (secondary N) is 1. The van der Waals surface area contributed by atoms with Crippen molar-refractivity contribution in [3.63, 3.8) is 0 Å². The molecule has 114 valence electrons. The summed E-state index contributed by atoms with van der Waals surface area (Å²) in [4.78, 5) is 10.8. The van der Waals surface area contributed by atoms with E-state index in [2.05, 4.69) is 4.72 Å². The van der Waals surface area contributed by atoms with Gasteiger partial charge in [0.05, 0.1) is 4.90 Å². The maximum Gasteiger partial charge on any atom is 0.261 e. The van der Waals surface area contributed by atoms with Gasteiger partial charge < -0.3 is 0 Å². The van der Waals surface area contributed by atoms with Crippen LogP contribution < -0.4 is 4.72 Å². The molecule has 22 heavy (non-hydrogen) atoms. The van der Waals surface area contributed by atoms with Crippen LogP contribution in [0.1, 0.15) is 11.1 Å². The van der Waals surface area contributed by atoms with Crippen LogP contribution in [0.25, 0.3) is 6.08 Å². The van der Waals surface area contributed by atoms with Gasteiger partial charge in [0.25, 0.3) is 10.0 Å². The number of hydrogen-bond donors (Lipinski definition) is 1. The highest BCUT2D eigenvalue weighted by molar-refractivity contribution is 7.92. The van der Waals surface area contributed by atoms with Crippen LogP contribution in [0.5, 0.6) is 0 Å². The van der Waals surface area contributed by atoms with E-state index in [-0.39, 0.29) is 4.90 Å². The molecule has 2 rings (SSSR count). The second kappa shape index (κ2) is 6.77. The Bertz CT molecular complexity index is 812. The number of carbonyl (C=O) groups excluding carboxylic acids is 1. The minimum Gasteiger partial charge on any atom is -0.280 e. The molecule has 0 aromatic heterocycles. The first-order chi connectivity index (χ1) is 10.4. The van der Waals surface area contributed by atoms with Crippen molar-refractivity contribution >= 4 is 38.6 Å². The number of hydrogen-bond acceptors (Lipinski definition) is 3. The quantitative estimate of drug-likeness (QED) is 0.671. The first-order valence-corrected chi connectivity index (χ1v) is 8.30. The van der Waals surface area contributed by atoms with Crippen LogP contribution in [0.4, 0.5) is 5.69 Å². The Hall–Kier alpha value is -2.11. The summed E-state index contributed by atoms with van der Waals surface area (Å²) in [5.41, 5.74) is 2.16. The molecule has 0 radical (unpaired) electrons. The Morgan fingerprint density at radius 3 is 2.41 bits per heavy atom. The molecule has 0 amide bonds. The highest BCUT2D eigenvalue weighted by Gasteiger charge is 2.13. The molecule has 1 N–H and O–H groups in total. The highest BCUT2D eigenvalue weighted by atomic mass is 35.5. The van der Waals surface area contributed by atoms with Crippen molar-refractivity contribution in [1.82, 2.24) is 0 Å². The zero-order valence-corrected chi connectivity index (χ0v) is 13.4. The molecule has 0 aliphatic carbocycles. The summed E-state index contributed by atoms with van der Waals surface area (Å²) in [7, 11) is -3.65. The Morgan fingerprint density at radius 1 is 1.14 bits per heavy atom. The summed E-state index contributed by atoms with van der Waals surface area (Å²) < 4.78 is 27.1. The minimum atomic E-state index is -3.65. The third-order valence-corrected chi connectivity index (χ3v) is 4.39. The molecule has 0 atom stereocenters. The third-order valence-electron chi connectivity index (χ3n) is 2.87. The summed E-state index contributed by atoms with van der Waals surface area (Å²) in [5, 5.41) is -0.585. The molecule has 2 aromatic rings. The van der Waals surface area contributed by atoms with Gasteiger partial charge in [-0.2, -0.15) is 0 Å². The lowest BCUT2D eigenvalue weighted by atomic mass is 10.2. The largest absolute Gasteiger partial charge is 0.280 e. The number of aryl methyl sites for hydroxylation is 1. The van der Waals surface area contributed by atoms with E-state index in [0.717, 1.165) is 5.56 Å². The molecule has 0 fully saturated rings. The van der Waals surface area contributed by atoms with Gasteiger partial charge in [-0.15, -0.1) is 0 Å². The smallest absolute Gasteiger partial charge is 0.261 e. The number of halogens is 1. The van der Waals surface area contributed by atoms with Crippen LogP contribution >= 0.6 is 11.6 Å². The molecule has 0 bridgehead atoms. The van der Waals surface area contributed by atoms with E-state index in [1.807, 2.05) is 13.0 Å². The van der Waals surface area contributed by atoms with E-state index in [1.165, 1.54) is 24.3 Å². The Labute approximate surface area is 134 Å². The molecule has 0 unspecified atom stereocenters. The average molecular weight is 336 g/mol. The van der Waals surface area contributed by atoms with Gasteiger partial charge in [-0.05, 0) is 60.0 Å². The summed E-state index contributed by atoms with van der Waals surface area (Å²) in [5.74, 6) is 0. The van der Waals surface area contributed by atoms with Gasteiger partial charge in [-0.25, -0.2) is 8.42 Å². The van der Waals surface area contributed by atoms with Crippen molar-refractivity contribution in [3.8, 4) is 0 Å². The normalized spacial score (nSPS) is 11.5. The maximum absolute atomic E-state index is 12.3. The fourth-order valence-corrected chi connectivity index (χ4v) is 2.95. The minimum absolute atomic E-state index is 0.142. The first-order valence-electron chi connectivity index (χ1n) is 6.44. The van der Waals surface area contributed by atoms with Crippen molar-refractivity contribution in [2.75, 3.05) is 4.72 Å². The molecule has 0 aliphatic heterocycles. The molecule has 0 saturated heterocycles. The molecule has 0 aliphatic rings. The van der Waals surface area contributed by atoms with Crippen molar-refractivity contribution in [2.45, 2.75) is 11.8 Å². The van der Waals surface area contributed by atoms with Gasteiger partial charge in [0.2, 0.25) is 5.24 Å². The predicted molar refractivity (Wildman–Crippen MR) is 88.3 cm³/mol. The fraction of sp³-hybridized carbons (Fsp3) is 0.0625. The Kier molecular flexibility index (Phi) is 5.00. The molecule has 0 saturated carbocycles. The predicted octanol–water partition coefficient (Wildman–Crippen LogP) is 3.57.